The highest BCUT2D eigenvalue weighted by Gasteiger charge is 2.10. The first-order chi connectivity index (χ1) is 10.9. The van der Waals surface area contributed by atoms with E-state index in [4.69, 9.17) is 11.6 Å². The van der Waals surface area contributed by atoms with Gasteiger partial charge in [0, 0.05) is 16.6 Å². The normalized spacial score (nSPS) is 11.2. The van der Waals surface area contributed by atoms with Crippen molar-refractivity contribution in [3.05, 3.63) is 47.0 Å². The first kappa shape index (κ1) is 15.5. The number of carbonyl (C=O) groups excluding carboxylic acids is 1. The van der Waals surface area contributed by atoms with E-state index < -0.39 is 0 Å². The fraction of sp³-hybridized carbons (Fsp3) is 0.235. The predicted octanol–water partition coefficient (Wildman–Crippen LogP) is 3.98. The standard InChI is InChI=1S/C17H17ClN4O/c1-10(2)17(23)19-12-5-7-15-16(8-12)21-22(20-15)13-6-4-11(3)14(18)9-13/h4-10H,1-3H3,(H,19,23). The number of rotatable bonds is 3. The van der Waals surface area contributed by atoms with Gasteiger partial charge in [-0.3, -0.25) is 4.79 Å². The molecule has 0 aliphatic heterocycles. The highest BCUT2D eigenvalue weighted by molar-refractivity contribution is 6.31. The number of aryl methyl sites for hydroxylation is 1. The second-order valence-electron chi connectivity index (χ2n) is 5.77. The second kappa shape index (κ2) is 6.01. The molecule has 0 saturated carbocycles. The molecule has 0 saturated heterocycles. The number of benzene rings is 2. The lowest BCUT2D eigenvalue weighted by molar-refractivity contribution is -0.118. The maximum Gasteiger partial charge on any atom is 0.226 e. The van der Waals surface area contributed by atoms with E-state index in [2.05, 4.69) is 15.5 Å². The first-order valence-electron chi connectivity index (χ1n) is 7.38. The summed E-state index contributed by atoms with van der Waals surface area (Å²) in [5, 5.41) is 12.4. The molecule has 23 heavy (non-hydrogen) atoms. The first-order valence-corrected chi connectivity index (χ1v) is 7.76. The third kappa shape index (κ3) is 3.19. The zero-order chi connectivity index (χ0) is 16.6. The molecule has 5 nitrogen and oxygen atoms in total. The van der Waals surface area contributed by atoms with Crippen molar-refractivity contribution in [2.24, 2.45) is 5.92 Å². The third-order valence-electron chi connectivity index (χ3n) is 3.56. The van der Waals surface area contributed by atoms with Crippen molar-refractivity contribution in [3.63, 3.8) is 0 Å². The Bertz CT molecular complexity index is 885. The number of anilines is 1. The minimum absolute atomic E-state index is 0.0259. The van der Waals surface area contributed by atoms with Crippen LogP contribution in [0.5, 0.6) is 0 Å². The van der Waals surface area contributed by atoms with Crippen molar-refractivity contribution in [1.29, 1.82) is 0 Å². The maximum absolute atomic E-state index is 11.8. The monoisotopic (exact) mass is 328 g/mol. The summed E-state index contributed by atoms with van der Waals surface area (Å²) in [6.45, 7) is 5.65. The van der Waals surface area contributed by atoms with Crippen LogP contribution in [0.15, 0.2) is 36.4 Å². The molecular formula is C17H17ClN4O. The van der Waals surface area contributed by atoms with E-state index in [9.17, 15) is 4.79 Å². The number of fused-ring (bicyclic) bond motifs is 1. The molecule has 0 fully saturated rings. The zero-order valence-electron chi connectivity index (χ0n) is 13.2. The van der Waals surface area contributed by atoms with Gasteiger partial charge in [0.25, 0.3) is 0 Å². The van der Waals surface area contributed by atoms with Crippen molar-refractivity contribution in [1.82, 2.24) is 15.0 Å². The average Bonchev–Trinajstić information content (AvgIpc) is 2.93. The van der Waals surface area contributed by atoms with Crippen molar-refractivity contribution < 1.29 is 4.79 Å². The molecule has 1 heterocycles. The summed E-state index contributed by atoms with van der Waals surface area (Å²) in [5.74, 6) is -0.0989. The molecule has 0 unspecified atom stereocenters. The number of carbonyl (C=O) groups is 1. The average molecular weight is 329 g/mol. The van der Waals surface area contributed by atoms with Crippen LogP contribution >= 0.6 is 11.6 Å². The van der Waals surface area contributed by atoms with Gasteiger partial charge in [0.2, 0.25) is 5.91 Å². The summed E-state index contributed by atoms with van der Waals surface area (Å²) in [6, 6.07) is 11.2. The number of hydrogen-bond donors (Lipinski definition) is 1. The van der Waals surface area contributed by atoms with Crippen LogP contribution in [0.4, 0.5) is 5.69 Å². The third-order valence-corrected chi connectivity index (χ3v) is 3.97. The van der Waals surface area contributed by atoms with Crippen LogP contribution in [0, 0.1) is 12.8 Å². The van der Waals surface area contributed by atoms with Crippen LogP contribution in [0.1, 0.15) is 19.4 Å². The Morgan fingerprint density at radius 2 is 1.87 bits per heavy atom. The number of hydrogen-bond acceptors (Lipinski definition) is 3. The Labute approximate surface area is 139 Å². The zero-order valence-corrected chi connectivity index (χ0v) is 13.9. The van der Waals surface area contributed by atoms with Crippen LogP contribution in [0.3, 0.4) is 0 Å². The van der Waals surface area contributed by atoms with E-state index >= 15 is 0 Å². The van der Waals surface area contributed by atoms with E-state index in [1.165, 1.54) is 0 Å². The lowest BCUT2D eigenvalue weighted by atomic mass is 10.2. The van der Waals surface area contributed by atoms with E-state index in [0.717, 1.165) is 16.8 Å². The molecule has 0 atom stereocenters. The van der Waals surface area contributed by atoms with E-state index in [0.29, 0.717) is 16.2 Å². The molecular weight excluding hydrogens is 312 g/mol. The van der Waals surface area contributed by atoms with Gasteiger partial charge in [-0.05, 0) is 42.8 Å². The van der Waals surface area contributed by atoms with Crippen molar-refractivity contribution in [3.8, 4) is 5.69 Å². The van der Waals surface area contributed by atoms with Gasteiger partial charge in [0.05, 0.1) is 5.69 Å². The van der Waals surface area contributed by atoms with E-state index in [1.807, 2.05) is 57.2 Å². The Hall–Kier alpha value is -2.40. The molecule has 118 valence electrons. The molecule has 0 aliphatic carbocycles. The van der Waals surface area contributed by atoms with Gasteiger partial charge in [-0.25, -0.2) is 0 Å². The lowest BCUT2D eigenvalue weighted by Crippen LogP contribution is -2.17. The summed E-state index contributed by atoms with van der Waals surface area (Å²) in [7, 11) is 0. The second-order valence-corrected chi connectivity index (χ2v) is 6.18. The van der Waals surface area contributed by atoms with E-state index in [1.54, 1.807) is 4.80 Å². The summed E-state index contributed by atoms with van der Waals surface area (Å²) in [4.78, 5) is 13.3. The van der Waals surface area contributed by atoms with Crippen LogP contribution in [-0.4, -0.2) is 20.9 Å². The fourth-order valence-corrected chi connectivity index (χ4v) is 2.28. The molecule has 1 amide bonds. The fourth-order valence-electron chi connectivity index (χ4n) is 2.10. The van der Waals surface area contributed by atoms with Gasteiger partial charge in [0.1, 0.15) is 11.0 Å². The molecule has 3 aromatic rings. The quantitative estimate of drug-likeness (QED) is 0.791. The van der Waals surface area contributed by atoms with E-state index in [-0.39, 0.29) is 11.8 Å². The molecule has 6 heteroatoms. The molecule has 3 rings (SSSR count). The van der Waals surface area contributed by atoms with Crippen LogP contribution < -0.4 is 5.32 Å². The topological polar surface area (TPSA) is 59.8 Å². The van der Waals surface area contributed by atoms with Crippen LogP contribution in [0.2, 0.25) is 5.02 Å². The molecule has 0 bridgehead atoms. The molecule has 0 spiro atoms. The van der Waals surface area contributed by atoms with Crippen LogP contribution in [0.25, 0.3) is 16.7 Å². The number of nitrogens with one attached hydrogen (secondary N) is 1. The Kier molecular flexibility index (Phi) is 4.05. The number of halogens is 1. The Morgan fingerprint density at radius 3 is 2.57 bits per heavy atom. The highest BCUT2D eigenvalue weighted by atomic mass is 35.5. The SMILES string of the molecule is Cc1ccc(-n2nc3ccc(NC(=O)C(C)C)cc3n2)cc1Cl. The molecule has 1 aromatic heterocycles. The van der Waals surface area contributed by atoms with Gasteiger partial charge in [-0.15, -0.1) is 10.2 Å². The largest absolute Gasteiger partial charge is 0.326 e. The van der Waals surface area contributed by atoms with Gasteiger partial charge >= 0.3 is 0 Å². The minimum atomic E-state index is -0.0731. The molecule has 0 aliphatic rings. The maximum atomic E-state index is 11.8. The minimum Gasteiger partial charge on any atom is -0.326 e. The highest BCUT2D eigenvalue weighted by Crippen LogP contribution is 2.21. The van der Waals surface area contributed by atoms with Gasteiger partial charge in [0.15, 0.2) is 0 Å². The Balaban J connectivity index is 1.95. The predicted molar refractivity (Wildman–Crippen MR) is 92.1 cm³/mol. The van der Waals surface area contributed by atoms with Crippen molar-refractivity contribution in [2.45, 2.75) is 20.8 Å². The summed E-state index contributed by atoms with van der Waals surface area (Å²) in [6.07, 6.45) is 0. The number of aromatic nitrogens is 3. The summed E-state index contributed by atoms with van der Waals surface area (Å²) < 4.78 is 0. The summed E-state index contributed by atoms with van der Waals surface area (Å²) in [5.41, 5.74) is 3.98. The van der Waals surface area contributed by atoms with Gasteiger partial charge < -0.3 is 5.32 Å². The van der Waals surface area contributed by atoms with Gasteiger partial charge in [-0.2, -0.15) is 4.80 Å². The van der Waals surface area contributed by atoms with Crippen molar-refractivity contribution in [2.75, 3.05) is 5.32 Å². The number of amides is 1. The van der Waals surface area contributed by atoms with Gasteiger partial charge in [-0.1, -0.05) is 31.5 Å². The smallest absolute Gasteiger partial charge is 0.226 e. The molecule has 0 radical (unpaired) electrons. The van der Waals surface area contributed by atoms with Crippen LogP contribution in [-0.2, 0) is 4.79 Å². The molecule has 2 aromatic carbocycles. The molecule has 1 N–H and O–H groups in total. The van der Waals surface area contributed by atoms with Crippen molar-refractivity contribution >= 4 is 34.2 Å². The number of nitrogens with zero attached hydrogens (tertiary/aromatic N) is 3. The summed E-state index contributed by atoms with van der Waals surface area (Å²) >= 11 is 6.16. The lowest BCUT2D eigenvalue weighted by Gasteiger charge is -2.06. The Morgan fingerprint density at radius 1 is 1.13 bits per heavy atom.